The Balaban J connectivity index is 1.34. The maximum absolute atomic E-state index is 13.4. The number of hydrogen-bond acceptors (Lipinski definition) is 5. The summed E-state index contributed by atoms with van der Waals surface area (Å²) >= 11 is 0. The van der Waals surface area contributed by atoms with Crippen molar-refractivity contribution in [1.29, 1.82) is 0 Å². The number of sulfonamides is 1. The molecule has 0 bridgehead atoms. The normalized spacial score (nSPS) is 17.4. The van der Waals surface area contributed by atoms with Crippen LogP contribution in [0.3, 0.4) is 0 Å². The molecule has 2 aromatic carbocycles. The third kappa shape index (κ3) is 4.67. The zero-order chi connectivity index (χ0) is 22.0. The first kappa shape index (κ1) is 21.6. The van der Waals surface area contributed by atoms with Gasteiger partial charge in [-0.05, 0) is 49.1 Å². The molecule has 1 saturated heterocycles. The fourth-order valence-electron chi connectivity index (χ4n) is 3.84. The summed E-state index contributed by atoms with van der Waals surface area (Å²) in [5, 5.41) is 2.87. The van der Waals surface area contributed by atoms with E-state index in [0.717, 1.165) is 5.56 Å². The average molecular weight is 449 g/mol. The monoisotopic (exact) mass is 448 g/mol. The summed E-state index contributed by atoms with van der Waals surface area (Å²) in [5.41, 5.74) is 1.36. The average Bonchev–Trinajstić information content (AvgIpc) is 2.79. The summed E-state index contributed by atoms with van der Waals surface area (Å²) in [5.74, 6) is 0.322. The Morgan fingerprint density at radius 1 is 1.10 bits per heavy atom. The standard InChI is InChI=1S/C22H25FN2O5S/c1-15-12-16(2-4-19(15)23)14-24-22(26)17-6-8-25(9-7-17)31(27,28)18-3-5-20-21(13-18)30-11-10-29-20/h2-5,12-13,17H,6-11,14H2,1H3,(H,24,26). The van der Waals surface area contributed by atoms with Crippen molar-refractivity contribution in [2.45, 2.75) is 31.2 Å². The van der Waals surface area contributed by atoms with Gasteiger partial charge in [0.05, 0.1) is 4.90 Å². The van der Waals surface area contributed by atoms with Gasteiger partial charge in [0, 0.05) is 31.6 Å². The minimum Gasteiger partial charge on any atom is -0.486 e. The highest BCUT2D eigenvalue weighted by Crippen LogP contribution is 2.34. The SMILES string of the molecule is Cc1cc(CNC(=O)C2CCN(S(=O)(=O)c3ccc4c(c3)OCCO4)CC2)ccc1F. The molecule has 0 aromatic heterocycles. The van der Waals surface area contributed by atoms with E-state index in [-0.39, 0.29) is 35.6 Å². The molecule has 2 aliphatic heterocycles. The van der Waals surface area contributed by atoms with E-state index in [0.29, 0.717) is 49.7 Å². The molecule has 4 rings (SSSR count). The predicted molar refractivity (Wildman–Crippen MR) is 112 cm³/mol. The molecule has 0 unspecified atom stereocenters. The molecule has 1 fully saturated rings. The molecule has 166 valence electrons. The molecule has 9 heteroatoms. The van der Waals surface area contributed by atoms with Crippen LogP contribution in [0.2, 0.25) is 0 Å². The zero-order valence-electron chi connectivity index (χ0n) is 17.3. The van der Waals surface area contributed by atoms with Crippen molar-refractivity contribution in [3.63, 3.8) is 0 Å². The highest BCUT2D eigenvalue weighted by molar-refractivity contribution is 7.89. The second-order valence-electron chi connectivity index (χ2n) is 7.79. The van der Waals surface area contributed by atoms with E-state index in [1.807, 2.05) is 0 Å². The first-order chi connectivity index (χ1) is 14.8. The van der Waals surface area contributed by atoms with Crippen molar-refractivity contribution < 1.29 is 27.1 Å². The van der Waals surface area contributed by atoms with Crippen LogP contribution in [0.4, 0.5) is 4.39 Å². The van der Waals surface area contributed by atoms with Crippen molar-refractivity contribution >= 4 is 15.9 Å². The number of aryl methyl sites for hydroxylation is 1. The van der Waals surface area contributed by atoms with Crippen LogP contribution in [-0.2, 0) is 21.4 Å². The number of carbonyl (C=O) groups excluding carboxylic acids is 1. The molecular formula is C22H25FN2O5S. The number of benzene rings is 2. The topological polar surface area (TPSA) is 84.9 Å². The van der Waals surface area contributed by atoms with E-state index >= 15 is 0 Å². The van der Waals surface area contributed by atoms with Gasteiger partial charge in [-0.15, -0.1) is 0 Å². The first-order valence-electron chi connectivity index (χ1n) is 10.3. The number of fused-ring (bicyclic) bond motifs is 1. The van der Waals surface area contributed by atoms with Crippen molar-refractivity contribution in [2.24, 2.45) is 5.92 Å². The lowest BCUT2D eigenvalue weighted by molar-refractivity contribution is -0.126. The number of hydrogen-bond donors (Lipinski definition) is 1. The molecule has 0 atom stereocenters. The molecule has 0 aliphatic carbocycles. The van der Waals surface area contributed by atoms with E-state index in [2.05, 4.69) is 5.32 Å². The van der Waals surface area contributed by atoms with E-state index in [1.54, 1.807) is 25.1 Å². The maximum Gasteiger partial charge on any atom is 0.243 e. The summed E-state index contributed by atoms with van der Waals surface area (Å²) in [6, 6.07) is 9.36. The van der Waals surface area contributed by atoms with Gasteiger partial charge in [0.1, 0.15) is 19.0 Å². The Labute approximate surface area is 181 Å². The number of rotatable bonds is 5. The minimum absolute atomic E-state index is 0.113. The molecule has 7 nitrogen and oxygen atoms in total. The van der Waals surface area contributed by atoms with Crippen molar-refractivity contribution in [1.82, 2.24) is 9.62 Å². The highest BCUT2D eigenvalue weighted by atomic mass is 32.2. The van der Waals surface area contributed by atoms with Crippen LogP contribution in [0.1, 0.15) is 24.0 Å². The smallest absolute Gasteiger partial charge is 0.243 e. The van der Waals surface area contributed by atoms with Crippen molar-refractivity contribution in [3.05, 3.63) is 53.3 Å². The van der Waals surface area contributed by atoms with Gasteiger partial charge in [0.2, 0.25) is 15.9 Å². The first-order valence-corrected chi connectivity index (χ1v) is 11.7. The summed E-state index contributed by atoms with van der Waals surface area (Å²) < 4.78 is 51.8. The van der Waals surface area contributed by atoms with E-state index < -0.39 is 10.0 Å². The van der Waals surface area contributed by atoms with E-state index in [9.17, 15) is 17.6 Å². The number of nitrogens with zero attached hydrogens (tertiary/aromatic N) is 1. The number of ether oxygens (including phenoxy) is 2. The molecule has 0 radical (unpaired) electrons. The highest BCUT2D eigenvalue weighted by Gasteiger charge is 2.32. The number of halogens is 1. The van der Waals surface area contributed by atoms with Crippen LogP contribution in [0.15, 0.2) is 41.3 Å². The predicted octanol–water partition coefficient (Wildman–Crippen LogP) is 2.62. The van der Waals surface area contributed by atoms with Gasteiger partial charge < -0.3 is 14.8 Å². The van der Waals surface area contributed by atoms with Crippen LogP contribution in [0, 0.1) is 18.7 Å². The molecule has 0 spiro atoms. The third-order valence-corrected chi connectivity index (χ3v) is 7.56. The summed E-state index contributed by atoms with van der Waals surface area (Å²) in [4.78, 5) is 12.7. The molecule has 2 heterocycles. The Kier molecular flexibility index (Phi) is 6.15. The number of nitrogens with one attached hydrogen (secondary N) is 1. The maximum atomic E-state index is 13.4. The summed E-state index contributed by atoms with van der Waals surface area (Å²) in [6.07, 6.45) is 0.885. The molecule has 1 N–H and O–H groups in total. The van der Waals surface area contributed by atoms with Crippen LogP contribution < -0.4 is 14.8 Å². The molecule has 31 heavy (non-hydrogen) atoms. The van der Waals surface area contributed by atoms with Crippen molar-refractivity contribution in [2.75, 3.05) is 26.3 Å². The Morgan fingerprint density at radius 3 is 2.52 bits per heavy atom. The van der Waals surface area contributed by atoms with Crippen LogP contribution in [-0.4, -0.2) is 44.9 Å². The Morgan fingerprint density at radius 2 is 1.81 bits per heavy atom. The second-order valence-corrected chi connectivity index (χ2v) is 9.72. The van der Waals surface area contributed by atoms with Gasteiger partial charge in [0.15, 0.2) is 11.5 Å². The third-order valence-electron chi connectivity index (χ3n) is 5.67. The van der Waals surface area contributed by atoms with Gasteiger partial charge in [-0.1, -0.05) is 12.1 Å². The van der Waals surface area contributed by atoms with Crippen LogP contribution in [0.25, 0.3) is 0 Å². The lowest BCUT2D eigenvalue weighted by Gasteiger charge is -2.31. The lowest BCUT2D eigenvalue weighted by Crippen LogP contribution is -2.42. The minimum atomic E-state index is -3.68. The van der Waals surface area contributed by atoms with Crippen molar-refractivity contribution in [3.8, 4) is 11.5 Å². The molecule has 2 aromatic rings. The number of piperidine rings is 1. The fourth-order valence-corrected chi connectivity index (χ4v) is 5.33. The number of carbonyl (C=O) groups is 1. The van der Waals surface area contributed by atoms with Gasteiger partial charge in [-0.3, -0.25) is 4.79 Å². The van der Waals surface area contributed by atoms with Crippen LogP contribution >= 0.6 is 0 Å². The van der Waals surface area contributed by atoms with E-state index in [1.165, 1.54) is 22.5 Å². The molecule has 0 saturated carbocycles. The molecular weight excluding hydrogens is 423 g/mol. The van der Waals surface area contributed by atoms with Gasteiger partial charge in [-0.2, -0.15) is 4.31 Å². The number of amides is 1. The quantitative estimate of drug-likeness (QED) is 0.760. The summed E-state index contributed by atoms with van der Waals surface area (Å²) in [7, 11) is -3.68. The lowest BCUT2D eigenvalue weighted by atomic mass is 9.97. The largest absolute Gasteiger partial charge is 0.486 e. The van der Waals surface area contributed by atoms with E-state index in [4.69, 9.17) is 9.47 Å². The second kappa shape index (κ2) is 8.84. The van der Waals surface area contributed by atoms with Gasteiger partial charge in [-0.25, -0.2) is 12.8 Å². The molecule has 1 amide bonds. The summed E-state index contributed by atoms with van der Waals surface area (Å²) in [6.45, 7) is 3.35. The Hall–Kier alpha value is -2.65. The van der Waals surface area contributed by atoms with Gasteiger partial charge >= 0.3 is 0 Å². The van der Waals surface area contributed by atoms with Crippen LogP contribution in [0.5, 0.6) is 11.5 Å². The fraction of sp³-hybridized carbons (Fsp3) is 0.409. The van der Waals surface area contributed by atoms with Gasteiger partial charge in [0.25, 0.3) is 0 Å². The zero-order valence-corrected chi connectivity index (χ0v) is 18.1. The Bertz CT molecular complexity index is 1080. The molecule has 2 aliphatic rings.